The molecule has 1 aromatic rings. The Morgan fingerprint density at radius 1 is 1.24 bits per heavy atom. The van der Waals surface area contributed by atoms with Gasteiger partial charge in [0, 0.05) is 25.0 Å². The lowest BCUT2D eigenvalue weighted by molar-refractivity contribution is 0.0529. The molecule has 0 saturated heterocycles. The van der Waals surface area contributed by atoms with Gasteiger partial charge in [-0.25, -0.2) is 4.79 Å². The van der Waals surface area contributed by atoms with Crippen LogP contribution in [0.1, 0.15) is 45.6 Å². The van der Waals surface area contributed by atoms with Crippen LogP contribution in [-0.4, -0.2) is 43.3 Å². The van der Waals surface area contributed by atoms with Gasteiger partial charge in [-0.1, -0.05) is 30.3 Å². The van der Waals surface area contributed by atoms with Crippen molar-refractivity contribution < 1.29 is 9.53 Å². The van der Waals surface area contributed by atoms with Gasteiger partial charge >= 0.3 is 6.09 Å². The lowest BCUT2D eigenvalue weighted by atomic mass is 10.1. The first-order valence-corrected chi connectivity index (χ1v) is 8.95. The molecule has 2 rings (SSSR count). The molecule has 1 amide bonds. The maximum absolute atomic E-state index is 11.6. The highest BCUT2D eigenvalue weighted by atomic mass is 16.6. The maximum atomic E-state index is 11.6. The van der Waals surface area contributed by atoms with E-state index in [1.165, 1.54) is 5.56 Å². The summed E-state index contributed by atoms with van der Waals surface area (Å²) in [7, 11) is 0. The van der Waals surface area contributed by atoms with Gasteiger partial charge in [0.1, 0.15) is 5.60 Å². The van der Waals surface area contributed by atoms with Crippen LogP contribution in [-0.2, 0) is 4.74 Å². The fraction of sp³-hybridized carbons (Fsp3) is 0.579. The van der Waals surface area contributed by atoms with Crippen molar-refractivity contribution in [2.75, 3.05) is 19.6 Å². The van der Waals surface area contributed by atoms with Crippen LogP contribution in [0.3, 0.4) is 0 Å². The molecule has 0 bridgehead atoms. The van der Waals surface area contributed by atoms with Crippen LogP contribution >= 0.6 is 0 Å². The first kappa shape index (κ1) is 19.1. The molecule has 0 radical (unpaired) electrons. The highest BCUT2D eigenvalue weighted by Gasteiger charge is 2.38. The molecule has 2 unspecified atom stereocenters. The van der Waals surface area contributed by atoms with E-state index in [0.29, 0.717) is 25.0 Å². The zero-order chi connectivity index (χ0) is 18.3. The van der Waals surface area contributed by atoms with E-state index in [1.807, 2.05) is 33.8 Å². The van der Waals surface area contributed by atoms with Crippen molar-refractivity contribution in [1.82, 2.24) is 16.0 Å². The van der Waals surface area contributed by atoms with Crippen LogP contribution in [0.5, 0.6) is 0 Å². The van der Waals surface area contributed by atoms with E-state index in [9.17, 15) is 4.79 Å². The molecule has 25 heavy (non-hydrogen) atoms. The predicted octanol–water partition coefficient (Wildman–Crippen LogP) is 2.62. The van der Waals surface area contributed by atoms with Crippen molar-refractivity contribution in [3.63, 3.8) is 0 Å². The molecule has 1 fully saturated rings. The Bertz CT molecular complexity index is 581. The van der Waals surface area contributed by atoms with Crippen LogP contribution in [0.4, 0.5) is 4.79 Å². The number of aliphatic imine (C=N–C) groups is 1. The zero-order valence-electron chi connectivity index (χ0n) is 15.6. The number of amides is 1. The van der Waals surface area contributed by atoms with E-state index in [-0.39, 0.29) is 0 Å². The third-order valence-electron chi connectivity index (χ3n) is 3.73. The largest absolute Gasteiger partial charge is 0.444 e. The summed E-state index contributed by atoms with van der Waals surface area (Å²) in [6.45, 7) is 9.31. The van der Waals surface area contributed by atoms with E-state index in [2.05, 4.69) is 45.2 Å². The average Bonchev–Trinajstić information content (AvgIpc) is 3.30. The van der Waals surface area contributed by atoms with Crippen LogP contribution < -0.4 is 16.0 Å². The molecule has 0 spiro atoms. The van der Waals surface area contributed by atoms with Crippen LogP contribution in [0, 0.1) is 0 Å². The molecule has 1 aliphatic rings. The summed E-state index contributed by atoms with van der Waals surface area (Å²) < 4.78 is 5.20. The van der Waals surface area contributed by atoms with Gasteiger partial charge in [0.2, 0.25) is 0 Å². The first-order valence-electron chi connectivity index (χ1n) is 8.95. The second-order valence-corrected chi connectivity index (χ2v) is 7.19. The highest BCUT2D eigenvalue weighted by molar-refractivity contribution is 5.80. The maximum Gasteiger partial charge on any atom is 0.407 e. The topological polar surface area (TPSA) is 74.8 Å². The Morgan fingerprint density at radius 2 is 1.96 bits per heavy atom. The van der Waals surface area contributed by atoms with Gasteiger partial charge in [-0.15, -0.1) is 0 Å². The molecule has 1 aromatic carbocycles. The lowest BCUT2D eigenvalue weighted by Crippen LogP contribution is -2.40. The van der Waals surface area contributed by atoms with E-state index < -0.39 is 11.7 Å². The summed E-state index contributed by atoms with van der Waals surface area (Å²) in [5, 5.41) is 9.43. The quantitative estimate of drug-likeness (QED) is 0.420. The SMILES string of the molecule is CCNC(=NCCNC(=O)OC(C)(C)C)NC1CC1c1ccccc1. The number of ether oxygens (including phenoxy) is 1. The van der Waals surface area contributed by atoms with Gasteiger partial charge in [-0.3, -0.25) is 4.99 Å². The number of nitrogens with one attached hydrogen (secondary N) is 3. The molecule has 1 aliphatic carbocycles. The number of hydrogen-bond donors (Lipinski definition) is 3. The Morgan fingerprint density at radius 3 is 2.60 bits per heavy atom. The van der Waals surface area contributed by atoms with Crippen molar-refractivity contribution in [2.45, 2.75) is 51.7 Å². The van der Waals surface area contributed by atoms with Gasteiger partial charge in [-0.05, 0) is 39.7 Å². The molecule has 6 nitrogen and oxygen atoms in total. The van der Waals surface area contributed by atoms with E-state index in [0.717, 1.165) is 18.9 Å². The van der Waals surface area contributed by atoms with Gasteiger partial charge in [-0.2, -0.15) is 0 Å². The lowest BCUT2D eigenvalue weighted by Gasteiger charge is -2.19. The normalized spacial score (nSPS) is 19.9. The molecule has 0 aliphatic heterocycles. The Hall–Kier alpha value is -2.24. The van der Waals surface area contributed by atoms with Crippen molar-refractivity contribution in [3.8, 4) is 0 Å². The summed E-state index contributed by atoms with van der Waals surface area (Å²) in [5.74, 6) is 1.34. The highest BCUT2D eigenvalue weighted by Crippen LogP contribution is 2.40. The third kappa shape index (κ3) is 7.03. The molecule has 3 N–H and O–H groups in total. The van der Waals surface area contributed by atoms with E-state index in [1.54, 1.807) is 0 Å². The number of carbonyl (C=O) groups excluding carboxylic acids is 1. The summed E-state index contributed by atoms with van der Waals surface area (Å²) >= 11 is 0. The summed E-state index contributed by atoms with van der Waals surface area (Å²) in [5.41, 5.74) is 0.879. The summed E-state index contributed by atoms with van der Waals surface area (Å²) in [4.78, 5) is 16.1. The average molecular weight is 346 g/mol. The van der Waals surface area contributed by atoms with Gasteiger partial charge < -0.3 is 20.7 Å². The molecule has 0 aromatic heterocycles. The van der Waals surface area contributed by atoms with Crippen LogP contribution in [0.15, 0.2) is 35.3 Å². The standard InChI is InChI=1S/C19H30N4O2/c1-5-20-17(21-11-12-22-18(24)25-19(2,3)4)23-16-13-15(16)14-9-7-6-8-10-14/h6-10,15-16H,5,11-13H2,1-4H3,(H,22,24)(H2,20,21,23). The molecule has 6 heteroatoms. The smallest absolute Gasteiger partial charge is 0.407 e. The number of alkyl carbamates (subject to hydrolysis) is 1. The predicted molar refractivity (Wildman–Crippen MR) is 101 cm³/mol. The first-order chi connectivity index (χ1) is 11.9. The van der Waals surface area contributed by atoms with Crippen LogP contribution in [0.25, 0.3) is 0 Å². The van der Waals surface area contributed by atoms with Gasteiger partial charge in [0.25, 0.3) is 0 Å². The second-order valence-electron chi connectivity index (χ2n) is 7.19. The van der Waals surface area contributed by atoms with Crippen molar-refractivity contribution in [3.05, 3.63) is 35.9 Å². The molecule has 2 atom stereocenters. The minimum Gasteiger partial charge on any atom is -0.444 e. The Balaban J connectivity index is 1.75. The van der Waals surface area contributed by atoms with Gasteiger partial charge in [0.05, 0.1) is 6.54 Å². The number of benzene rings is 1. The molecule has 1 saturated carbocycles. The van der Waals surface area contributed by atoms with Crippen LogP contribution in [0.2, 0.25) is 0 Å². The monoisotopic (exact) mass is 346 g/mol. The van der Waals surface area contributed by atoms with Crippen molar-refractivity contribution in [2.24, 2.45) is 4.99 Å². The summed E-state index contributed by atoms with van der Waals surface area (Å²) in [6.07, 6.45) is 0.705. The minimum absolute atomic E-state index is 0.410. The number of guanidine groups is 1. The van der Waals surface area contributed by atoms with Crippen molar-refractivity contribution >= 4 is 12.1 Å². The fourth-order valence-corrected chi connectivity index (χ4v) is 2.56. The second kappa shape index (κ2) is 8.74. The van der Waals surface area contributed by atoms with Crippen molar-refractivity contribution in [1.29, 1.82) is 0 Å². The Labute approximate surface area is 150 Å². The Kier molecular flexibility index (Phi) is 6.67. The summed E-state index contributed by atoms with van der Waals surface area (Å²) in [6, 6.07) is 10.9. The number of rotatable bonds is 6. The minimum atomic E-state index is -0.484. The molecule has 0 heterocycles. The van der Waals surface area contributed by atoms with Gasteiger partial charge in [0.15, 0.2) is 5.96 Å². The number of hydrogen-bond acceptors (Lipinski definition) is 3. The molecular weight excluding hydrogens is 316 g/mol. The number of carbonyl (C=O) groups is 1. The third-order valence-corrected chi connectivity index (χ3v) is 3.73. The number of nitrogens with zero attached hydrogens (tertiary/aromatic N) is 1. The fourth-order valence-electron chi connectivity index (χ4n) is 2.56. The van der Waals surface area contributed by atoms with E-state index in [4.69, 9.17) is 4.74 Å². The van der Waals surface area contributed by atoms with E-state index >= 15 is 0 Å². The molecular formula is C19H30N4O2. The zero-order valence-corrected chi connectivity index (χ0v) is 15.6. The molecule has 138 valence electrons.